The summed E-state index contributed by atoms with van der Waals surface area (Å²) in [7, 11) is 0. The van der Waals surface area contributed by atoms with Crippen molar-refractivity contribution >= 4 is 41.1 Å². The van der Waals surface area contributed by atoms with Crippen molar-refractivity contribution in [1.82, 2.24) is 4.57 Å². The van der Waals surface area contributed by atoms with Crippen LogP contribution in [0.3, 0.4) is 0 Å². The van der Waals surface area contributed by atoms with Crippen LogP contribution in [0.1, 0.15) is 12.5 Å². The van der Waals surface area contributed by atoms with E-state index in [9.17, 15) is 9.59 Å². The minimum Gasteiger partial charge on any atom is -0.486 e. The number of amides is 1. The van der Waals surface area contributed by atoms with Crippen LogP contribution >= 0.6 is 23.6 Å². The Morgan fingerprint density at radius 2 is 1.88 bits per heavy atom. The number of fused-ring (bicyclic) bond motifs is 1. The maximum absolute atomic E-state index is 12.6. The van der Waals surface area contributed by atoms with Crippen LogP contribution in [0, 0.1) is 10.9 Å². The number of carbonyl (C=O) groups is 2. The highest BCUT2D eigenvalue weighted by molar-refractivity contribution is 7.73. The summed E-state index contributed by atoms with van der Waals surface area (Å²) < 4.78 is 18.6. The fourth-order valence-corrected chi connectivity index (χ4v) is 4.28. The van der Waals surface area contributed by atoms with Gasteiger partial charge in [-0.3, -0.25) is 9.59 Å². The summed E-state index contributed by atoms with van der Waals surface area (Å²) >= 11 is 6.77. The zero-order chi connectivity index (χ0) is 22.7. The zero-order valence-electron chi connectivity index (χ0n) is 17.6. The Morgan fingerprint density at radius 1 is 1.16 bits per heavy atom. The molecule has 2 heterocycles. The van der Waals surface area contributed by atoms with Gasteiger partial charge in [0.05, 0.1) is 5.69 Å². The van der Waals surface area contributed by atoms with Crippen LogP contribution in [0.25, 0.3) is 11.3 Å². The molecule has 1 N–H and O–H groups in total. The highest BCUT2D eigenvalue weighted by atomic mass is 32.1. The molecular formula is C23H22N2O5S2. The molecular weight excluding hydrogens is 448 g/mol. The van der Waals surface area contributed by atoms with Gasteiger partial charge in [0.15, 0.2) is 21.6 Å². The van der Waals surface area contributed by atoms with Gasteiger partial charge in [-0.2, -0.15) is 0 Å². The summed E-state index contributed by atoms with van der Waals surface area (Å²) in [5.74, 6) is 0.208. The lowest BCUT2D eigenvalue weighted by Crippen LogP contribution is -2.31. The predicted octanol–water partition coefficient (Wildman–Crippen LogP) is 4.60. The van der Waals surface area contributed by atoms with E-state index in [-0.39, 0.29) is 6.54 Å². The molecule has 1 amide bonds. The molecule has 0 spiro atoms. The Kier molecular flexibility index (Phi) is 6.57. The summed E-state index contributed by atoms with van der Waals surface area (Å²) in [4.78, 5) is 25.1. The highest BCUT2D eigenvalue weighted by Gasteiger charge is 2.21. The van der Waals surface area contributed by atoms with Crippen molar-refractivity contribution in [2.75, 3.05) is 18.5 Å². The lowest BCUT2D eigenvalue weighted by atomic mass is 10.1. The third-order valence-corrected chi connectivity index (χ3v) is 6.18. The Morgan fingerprint density at radius 3 is 2.62 bits per heavy atom. The topological polar surface area (TPSA) is 78.8 Å². The van der Waals surface area contributed by atoms with Gasteiger partial charge in [0.25, 0.3) is 5.91 Å². The summed E-state index contributed by atoms with van der Waals surface area (Å²) in [5, 5.41) is 4.65. The number of ether oxygens (including phenoxy) is 3. The molecule has 0 unspecified atom stereocenters. The van der Waals surface area contributed by atoms with Crippen LogP contribution in [-0.4, -0.2) is 35.8 Å². The molecule has 4 rings (SSSR count). The lowest BCUT2D eigenvalue weighted by Gasteiger charge is -2.19. The average Bonchev–Trinajstić information content (AvgIpc) is 3.14. The molecule has 166 valence electrons. The Hall–Kier alpha value is -3.17. The molecule has 3 aromatic rings. The van der Waals surface area contributed by atoms with Gasteiger partial charge in [0.2, 0.25) is 0 Å². The molecule has 7 nitrogen and oxygen atoms in total. The van der Waals surface area contributed by atoms with Crippen molar-refractivity contribution in [3.8, 4) is 22.8 Å². The van der Waals surface area contributed by atoms with Crippen molar-refractivity contribution in [2.24, 2.45) is 0 Å². The van der Waals surface area contributed by atoms with Gasteiger partial charge in [-0.1, -0.05) is 29.8 Å². The molecule has 1 aliphatic rings. The molecule has 0 fully saturated rings. The van der Waals surface area contributed by atoms with E-state index in [4.69, 9.17) is 26.4 Å². The van der Waals surface area contributed by atoms with Gasteiger partial charge in [-0.05, 0) is 43.8 Å². The van der Waals surface area contributed by atoms with Crippen LogP contribution in [0.2, 0.25) is 0 Å². The fourth-order valence-electron chi connectivity index (χ4n) is 3.21. The van der Waals surface area contributed by atoms with Gasteiger partial charge < -0.3 is 24.1 Å². The number of hydrogen-bond donors (Lipinski definition) is 1. The average molecular weight is 471 g/mol. The summed E-state index contributed by atoms with van der Waals surface area (Å²) in [5.41, 5.74) is 3.47. The minimum absolute atomic E-state index is 0.0762. The van der Waals surface area contributed by atoms with E-state index in [1.54, 1.807) is 22.8 Å². The number of nitrogens with one attached hydrogen (secondary N) is 1. The standard InChI is InChI=1S/C23H22N2O5S2/c1-14-3-5-16(6-4-14)18-13-32-23(31)25(18)12-21(26)30-15(2)22(27)24-17-7-8-19-20(11-17)29-10-9-28-19/h3-8,11,13,15H,9-10,12H2,1-2H3,(H,24,27)/t15-/m0/s1. The Labute approximate surface area is 194 Å². The van der Waals surface area contributed by atoms with Crippen LogP contribution < -0.4 is 14.8 Å². The maximum Gasteiger partial charge on any atom is 0.326 e. The van der Waals surface area contributed by atoms with Gasteiger partial charge in [0, 0.05) is 17.1 Å². The first kappa shape index (κ1) is 22.0. The summed E-state index contributed by atoms with van der Waals surface area (Å²) in [6, 6.07) is 13.1. The van der Waals surface area contributed by atoms with Crippen LogP contribution in [0.15, 0.2) is 47.8 Å². The minimum atomic E-state index is -0.980. The monoisotopic (exact) mass is 470 g/mol. The molecule has 0 bridgehead atoms. The Bertz CT molecular complexity index is 1200. The SMILES string of the molecule is Cc1ccc(-c2csc(=S)n2CC(=O)O[C@@H](C)C(=O)Nc2ccc3c(c2)OCCO3)cc1. The van der Waals surface area contributed by atoms with Crippen LogP contribution in [-0.2, 0) is 20.9 Å². The molecule has 0 aliphatic carbocycles. The first-order valence-corrected chi connectivity index (χ1v) is 11.3. The number of benzene rings is 2. The lowest BCUT2D eigenvalue weighted by molar-refractivity contribution is -0.153. The van der Waals surface area contributed by atoms with Crippen molar-refractivity contribution in [1.29, 1.82) is 0 Å². The number of hydrogen-bond acceptors (Lipinski definition) is 7. The van der Waals surface area contributed by atoms with Gasteiger partial charge in [-0.15, -0.1) is 11.3 Å². The van der Waals surface area contributed by atoms with Gasteiger partial charge in [-0.25, -0.2) is 0 Å². The Balaban J connectivity index is 1.39. The van der Waals surface area contributed by atoms with E-state index in [2.05, 4.69) is 5.32 Å². The van der Waals surface area contributed by atoms with E-state index in [0.29, 0.717) is 34.4 Å². The summed E-state index contributed by atoms with van der Waals surface area (Å²) in [6.45, 7) is 4.41. The quantitative estimate of drug-likeness (QED) is 0.419. The number of esters is 1. The smallest absolute Gasteiger partial charge is 0.326 e. The maximum atomic E-state index is 12.6. The first-order valence-electron chi connectivity index (χ1n) is 10.1. The molecule has 1 aromatic heterocycles. The molecule has 1 aliphatic heterocycles. The van der Waals surface area contributed by atoms with E-state index in [1.807, 2.05) is 36.6 Å². The molecule has 1 atom stereocenters. The predicted molar refractivity (Wildman–Crippen MR) is 125 cm³/mol. The van der Waals surface area contributed by atoms with E-state index < -0.39 is 18.0 Å². The number of aryl methyl sites for hydroxylation is 1. The van der Waals surface area contributed by atoms with Crippen molar-refractivity contribution in [3.05, 3.63) is 57.4 Å². The first-order chi connectivity index (χ1) is 15.4. The number of thiazole rings is 1. The second-order valence-electron chi connectivity index (χ2n) is 7.32. The van der Waals surface area contributed by atoms with Crippen molar-refractivity contribution in [2.45, 2.75) is 26.5 Å². The zero-order valence-corrected chi connectivity index (χ0v) is 19.3. The number of nitrogens with zero attached hydrogens (tertiary/aromatic N) is 1. The van der Waals surface area contributed by atoms with Crippen LogP contribution in [0.4, 0.5) is 5.69 Å². The van der Waals surface area contributed by atoms with E-state index >= 15 is 0 Å². The molecule has 0 saturated carbocycles. The number of rotatable bonds is 6. The third kappa shape index (κ3) is 5.00. The number of anilines is 1. The second-order valence-corrected chi connectivity index (χ2v) is 8.82. The van der Waals surface area contributed by atoms with Crippen molar-refractivity contribution in [3.63, 3.8) is 0 Å². The molecule has 2 aromatic carbocycles. The normalized spacial score (nSPS) is 13.3. The fraction of sp³-hybridized carbons (Fsp3) is 0.261. The van der Waals surface area contributed by atoms with Crippen LogP contribution in [0.5, 0.6) is 11.5 Å². The molecule has 0 saturated heterocycles. The second kappa shape index (κ2) is 9.54. The molecule has 9 heteroatoms. The van der Waals surface area contributed by atoms with E-state index in [0.717, 1.165) is 16.8 Å². The number of carbonyl (C=O) groups excluding carboxylic acids is 2. The third-order valence-electron chi connectivity index (χ3n) is 4.90. The van der Waals surface area contributed by atoms with Gasteiger partial charge in [0.1, 0.15) is 19.8 Å². The number of aromatic nitrogens is 1. The molecule has 0 radical (unpaired) electrons. The van der Waals surface area contributed by atoms with Crippen molar-refractivity contribution < 1.29 is 23.8 Å². The van der Waals surface area contributed by atoms with Gasteiger partial charge >= 0.3 is 5.97 Å². The highest BCUT2D eigenvalue weighted by Crippen LogP contribution is 2.32. The largest absolute Gasteiger partial charge is 0.486 e. The summed E-state index contributed by atoms with van der Waals surface area (Å²) in [6.07, 6.45) is -0.980. The van der Waals surface area contributed by atoms with E-state index in [1.165, 1.54) is 18.3 Å². The molecule has 32 heavy (non-hydrogen) atoms.